The number of likely N-dealkylation sites (tertiary alicyclic amines) is 1. The van der Waals surface area contributed by atoms with Crippen LogP contribution in [0.15, 0.2) is 40.8 Å². The summed E-state index contributed by atoms with van der Waals surface area (Å²) in [7, 11) is 0. The highest BCUT2D eigenvalue weighted by molar-refractivity contribution is 5.90. The van der Waals surface area contributed by atoms with E-state index >= 15 is 0 Å². The van der Waals surface area contributed by atoms with Crippen LogP contribution in [0.3, 0.4) is 0 Å². The van der Waals surface area contributed by atoms with Crippen LogP contribution in [-0.2, 0) is 22.6 Å². The molecule has 5 heteroatoms. The average Bonchev–Trinajstić information content (AvgIpc) is 3.05. The van der Waals surface area contributed by atoms with Crippen molar-refractivity contribution in [3.63, 3.8) is 0 Å². The lowest BCUT2D eigenvalue weighted by atomic mass is 9.72. The smallest absolute Gasteiger partial charge is 0.311 e. The van der Waals surface area contributed by atoms with Crippen molar-refractivity contribution < 1.29 is 19.1 Å². The van der Waals surface area contributed by atoms with E-state index in [0.717, 1.165) is 11.3 Å². The van der Waals surface area contributed by atoms with Gasteiger partial charge < -0.3 is 14.4 Å². The molecule has 1 aliphatic heterocycles. The lowest BCUT2D eigenvalue weighted by Crippen LogP contribution is -2.35. The van der Waals surface area contributed by atoms with Gasteiger partial charge in [-0.15, -0.1) is 0 Å². The standard InChI is InChI=1S/C19H19NO4/c1-11-7-14-15(24-11)8-13-10-20(9-12-5-3-2-4-6-12)18(21)16(13)17(14)19(22)23/h2-7,13,16-17H,8-10H2,1H3,(H,22,23)/t13-,16-,17+/m0/s1. The minimum Gasteiger partial charge on any atom is -0.481 e. The number of nitrogens with zero attached hydrogens (tertiary/aromatic N) is 1. The Morgan fingerprint density at radius 2 is 2.08 bits per heavy atom. The highest BCUT2D eigenvalue weighted by Gasteiger charge is 2.52. The van der Waals surface area contributed by atoms with Crippen LogP contribution >= 0.6 is 0 Å². The molecule has 24 heavy (non-hydrogen) atoms. The third-order valence-corrected chi connectivity index (χ3v) is 5.15. The second-order valence-corrected chi connectivity index (χ2v) is 6.75. The number of carboxylic acids is 1. The molecule has 0 saturated carbocycles. The number of fused-ring (bicyclic) bond motifs is 2. The Labute approximate surface area is 139 Å². The summed E-state index contributed by atoms with van der Waals surface area (Å²) in [4.78, 5) is 26.6. The Morgan fingerprint density at radius 1 is 1.33 bits per heavy atom. The fraction of sp³-hybridized carbons (Fsp3) is 0.368. The number of hydrogen-bond donors (Lipinski definition) is 1. The van der Waals surface area contributed by atoms with Crippen LogP contribution in [0.4, 0.5) is 0 Å². The van der Waals surface area contributed by atoms with Crippen molar-refractivity contribution in [1.29, 1.82) is 0 Å². The third kappa shape index (κ3) is 2.31. The van der Waals surface area contributed by atoms with Crippen molar-refractivity contribution >= 4 is 11.9 Å². The maximum absolute atomic E-state index is 12.9. The number of amides is 1. The molecule has 0 radical (unpaired) electrons. The van der Waals surface area contributed by atoms with E-state index in [9.17, 15) is 14.7 Å². The van der Waals surface area contributed by atoms with Gasteiger partial charge in [0, 0.05) is 25.1 Å². The van der Waals surface area contributed by atoms with Gasteiger partial charge in [0.1, 0.15) is 11.5 Å². The Hall–Kier alpha value is -2.56. The molecule has 1 fully saturated rings. The maximum Gasteiger partial charge on any atom is 0.311 e. The van der Waals surface area contributed by atoms with Gasteiger partial charge in [-0.3, -0.25) is 9.59 Å². The molecule has 2 aliphatic rings. The van der Waals surface area contributed by atoms with Gasteiger partial charge in [0.25, 0.3) is 0 Å². The molecule has 1 saturated heterocycles. The molecule has 1 amide bonds. The molecule has 0 bridgehead atoms. The summed E-state index contributed by atoms with van der Waals surface area (Å²) in [5.74, 6) is -0.849. The molecule has 1 aliphatic carbocycles. The van der Waals surface area contributed by atoms with Gasteiger partial charge >= 0.3 is 5.97 Å². The number of aliphatic carboxylic acids is 1. The van der Waals surface area contributed by atoms with Gasteiger partial charge in [-0.1, -0.05) is 30.3 Å². The highest BCUT2D eigenvalue weighted by Crippen LogP contribution is 2.46. The van der Waals surface area contributed by atoms with Crippen LogP contribution in [0.2, 0.25) is 0 Å². The van der Waals surface area contributed by atoms with Gasteiger partial charge in [-0.05, 0) is 24.5 Å². The van der Waals surface area contributed by atoms with Crippen molar-refractivity contribution in [2.45, 2.75) is 25.8 Å². The van der Waals surface area contributed by atoms with Crippen molar-refractivity contribution in [2.75, 3.05) is 6.54 Å². The van der Waals surface area contributed by atoms with Crippen LogP contribution in [0.5, 0.6) is 0 Å². The first-order valence-electron chi connectivity index (χ1n) is 8.19. The zero-order chi connectivity index (χ0) is 16.8. The van der Waals surface area contributed by atoms with Crippen LogP contribution in [0, 0.1) is 18.8 Å². The number of furan rings is 1. The average molecular weight is 325 g/mol. The van der Waals surface area contributed by atoms with Gasteiger partial charge in [-0.2, -0.15) is 0 Å². The second kappa shape index (κ2) is 5.51. The van der Waals surface area contributed by atoms with Gasteiger partial charge in [-0.25, -0.2) is 0 Å². The second-order valence-electron chi connectivity index (χ2n) is 6.75. The van der Waals surface area contributed by atoms with Crippen molar-refractivity contribution in [3.05, 3.63) is 59.0 Å². The molecule has 1 N–H and O–H groups in total. The van der Waals surface area contributed by atoms with Crippen LogP contribution < -0.4 is 0 Å². The number of carbonyl (C=O) groups is 2. The minimum absolute atomic E-state index is 0.000335. The summed E-state index contributed by atoms with van der Waals surface area (Å²) in [6.07, 6.45) is 0.634. The lowest BCUT2D eigenvalue weighted by molar-refractivity contribution is -0.145. The predicted octanol–water partition coefficient (Wildman–Crippen LogP) is 2.59. The van der Waals surface area contributed by atoms with Crippen LogP contribution in [-0.4, -0.2) is 28.4 Å². The first-order valence-corrected chi connectivity index (χ1v) is 8.19. The SMILES string of the molecule is Cc1cc2c(o1)C[C@H]1CN(Cc3ccccc3)C(=O)[C@@H]1[C@@H]2C(=O)O. The van der Waals surface area contributed by atoms with E-state index in [2.05, 4.69) is 0 Å². The van der Waals surface area contributed by atoms with E-state index in [-0.39, 0.29) is 11.8 Å². The summed E-state index contributed by atoms with van der Waals surface area (Å²) >= 11 is 0. The molecule has 1 aromatic heterocycles. The normalized spacial score (nSPS) is 25.5. The summed E-state index contributed by atoms with van der Waals surface area (Å²) < 4.78 is 5.69. The van der Waals surface area contributed by atoms with E-state index in [0.29, 0.717) is 30.8 Å². The zero-order valence-electron chi connectivity index (χ0n) is 13.4. The molecule has 2 heterocycles. The lowest BCUT2D eigenvalue weighted by Gasteiger charge is -2.27. The Morgan fingerprint density at radius 3 is 2.79 bits per heavy atom. The maximum atomic E-state index is 12.9. The Bertz CT molecular complexity index is 795. The number of rotatable bonds is 3. The summed E-state index contributed by atoms with van der Waals surface area (Å²) in [5.41, 5.74) is 1.74. The highest BCUT2D eigenvalue weighted by atomic mass is 16.4. The number of carboxylic acid groups (broad SMARTS) is 1. The molecular formula is C19H19NO4. The quantitative estimate of drug-likeness (QED) is 0.941. The van der Waals surface area contributed by atoms with E-state index in [1.165, 1.54) is 0 Å². The topological polar surface area (TPSA) is 70.8 Å². The number of aryl methyl sites for hydroxylation is 1. The van der Waals surface area contributed by atoms with Crippen molar-refractivity contribution in [1.82, 2.24) is 4.90 Å². The first kappa shape index (κ1) is 15.0. The monoisotopic (exact) mass is 325 g/mol. The van der Waals surface area contributed by atoms with E-state index in [4.69, 9.17) is 4.42 Å². The summed E-state index contributed by atoms with van der Waals surface area (Å²) in [6, 6.07) is 11.6. The Kier molecular flexibility index (Phi) is 3.44. The molecule has 1 aromatic carbocycles. The fourth-order valence-electron chi connectivity index (χ4n) is 4.17. The van der Waals surface area contributed by atoms with Crippen LogP contribution in [0.25, 0.3) is 0 Å². The number of hydrogen-bond acceptors (Lipinski definition) is 3. The van der Waals surface area contributed by atoms with E-state index in [1.54, 1.807) is 11.0 Å². The fourth-order valence-corrected chi connectivity index (χ4v) is 4.17. The number of carbonyl (C=O) groups excluding carboxylic acids is 1. The minimum atomic E-state index is -0.943. The summed E-state index contributed by atoms with van der Waals surface area (Å²) in [5, 5.41) is 9.72. The molecule has 3 atom stereocenters. The molecule has 0 spiro atoms. The molecule has 4 rings (SSSR count). The van der Waals surface area contributed by atoms with E-state index < -0.39 is 17.8 Å². The molecule has 2 aromatic rings. The van der Waals surface area contributed by atoms with Gasteiger partial charge in [0.2, 0.25) is 5.91 Å². The largest absolute Gasteiger partial charge is 0.481 e. The molecule has 0 unspecified atom stereocenters. The molecule has 124 valence electrons. The molecule has 5 nitrogen and oxygen atoms in total. The van der Waals surface area contributed by atoms with Crippen LogP contribution in [0.1, 0.15) is 28.6 Å². The predicted molar refractivity (Wildman–Crippen MR) is 86.4 cm³/mol. The van der Waals surface area contributed by atoms with Crippen molar-refractivity contribution in [3.8, 4) is 0 Å². The van der Waals surface area contributed by atoms with Gasteiger partial charge in [0.15, 0.2) is 0 Å². The van der Waals surface area contributed by atoms with Crippen molar-refractivity contribution in [2.24, 2.45) is 11.8 Å². The molecular weight excluding hydrogens is 306 g/mol. The summed E-state index contributed by atoms with van der Waals surface area (Å²) in [6.45, 7) is 2.93. The van der Waals surface area contributed by atoms with E-state index in [1.807, 2.05) is 37.3 Å². The van der Waals surface area contributed by atoms with Gasteiger partial charge in [0.05, 0.1) is 11.8 Å². The number of benzene rings is 1. The zero-order valence-corrected chi connectivity index (χ0v) is 13.4. The Balaban J connectivity index is 1.65. The third-order valence-electron chi connectivity index (χ3n) is 5.15. The first-order chi connectivity index (χ1) is 11.5.